The molecule has 0 bridgehead atoms. The molecule has 4 aliphatic heterocycles. The second kappa shape index (κ2) is 10.7. The molecule has 9 heteroatoms. The van der Waals surface area contributed by atoms with Crippen LogP contribution in [0.2, 0.25) is 0 Å². The summed E-state index contributed by atoms with van der Waals surface area (Å²) in [6, 6.07) is 9.08. The molecule has 41 heavy (non-hydrogen) atoms. The van der Waals surface area contributed by atoms with Gasteiger partial charge in [0.1, 0.15) is 12.0 Å². The summed E-state index contributed by atoms with van der Waals surface area (Å²) in [7, 11) is 0. The molecule has 8 nitrogen and oxygen atoms in total. The molecule has 2 N–H and O–H groups in total. The predicted octanol–water partition coefficient (Wildman–Crippen LogP) is 4.84. The Balaban J connectivity index is 1.19. The minimum absolute atomic E-state index is 0.0801. The van der Waals surface area contributed by atoms with Gasteiger partial charge in [0.05, 0.1) is 30.6 Å². The van der Waals surface area contributed by atoms with Crippen molar-refractivity contribution in [2.24, 2.45) is 5.92 Å². The summed E-state index contributed by atoms with van der Waals surface area (Å²) in [6.45, 7) is 4.06. The van der Waals surface area contributed by atoms with Crippen molar-refractivity contribution < 1.29 is 13.9 Å². The van der Waals surface area contributed by atoms with E-state index in [1.54, 1.807) is 0 Å². The van der Waals surface area contributed by atoms with Gasteiger partial charge in [-0.2, -0.15) is 15.2 Å². The third kappa shape index (κ3) is 4.93. The number of aromatic nitrogens is 2. The zero-order chi connectivity index (χ0) is 28.0. The fraction of sp³-hybridized carbons (Fsp3) is 0.656. The van der Waals surface area contributed by atoms with Crippen LogP contribution in [0.25, 0.3) is 0 Å². The Hall–Kier alpha value is -2.96. The summed E-state index contributed by atoms with van der Waals surface area (Å²) in [5, 5.41) is 9.55. The molecule has 4 atom stereocenters. The lowest BCUT2D eigenvalue weighted by molar-refractivity contribution is -0.0855. The van der Waals surface area contributed by atoms with Gasteiger partial charge in [-0.15, -0.1) is 0 Å². The first-order valence-corrected chi connectivity index (χ1v) is 15.6. The third-order valence-corrected chi connectivity index (χ3v) is 10.4. The second-order valence-electron chi connectivity index (χ2n) is 12.9. The number of halogens is 1. The maximum absolute atomic E-state index is 14.3. The molecule has 218 valence electrons. The van der Waals surface area contributed by atoms with E-state index < -0.39 is 11.8 Å². The van der Waals surface area contributed by atoms with E-state index in [9.17, 15) is 9.65 Å². The Morgan fingerprint density at radius 2 is 2.07 bits per heavy atom. The second-order valence-corrected chi connectivity index (χ2v) is 12.9. The fourth-order valence-corrected chi connectivity index (χ4v) is 8.30. The summed E-state index contributed by atoms with van der Waals surface area (Å²) in [4.78, 5) is 14.6. The number of alkyl halides is 1. The topological polar surface area (TPSA) is 101 Å². The van der Waals surface area contributed by atoms with E-state index in [1.807, 2.05) is 6.07 Å². The van der Waals surface area contributed by atoms with Gasteiger partial charge in [-0.1, -0.05) is 6.07 Å². The lowest BCUT2D eigenvalue weighted by Crippen LogP contribution is -2.41. The lowest BCUT2D eigenvalue weighted by atomic mass is 9.74. The van der Waals surface area contributed by atoms with Crippen LogP contribution in [0.1, 0.15) is 80.2 Å². The average Bonchev–Trinajstić information content (AvgIpc) is 3.37. The van der Waals surface area contributed by atoms with Gasteiger partial charge in [-0.25, -0.2) is 4.39 Å². The quantitative estimate of drug-likeness (QED) is 0.519. The van der Waals surface area contributed by atoms with E-state index in [2.05, 4.69) is 28.0 Å². The molecule has 1 spiro atoms. The highest BCUT2D eigenvalue weighted by Gasteiger charge is 2.48. The van der Waals surface area contributed by atoms with Crippen LogP contribution in [-0.4, -0.2) is 59.4 Å². The summed E-state index contributed by atoms with van der Waals surface area (Å²) >= 11 is 0. The number of benzene rings is 1. The van der Waals surface area contributed by atoms with Gasteiger partial charge >= 0.3 is 6.01 Å². The first kappa shape index (κ1) is 26.9. The number of ether oxygens (including phenoxy) is 2. The standard InChI is InChI=1S/C32H41FN6O2/c33-24-17-31(9-3-13-39(31)20-24)11-15-40-30-36-28-18-32(10-1-5-23-6-7-25(35)16-27(23)32)41-21-26(28)29(37-30)38-12-2-4-22(19-34)8-14-38/h6-7,16,22,24H,1-5,8-15,17-18,20-21,35H2/t22-,24-,31?,32+/m1/s1. The van der Waals surface area contributed by atoms with Crippen molar-refractivity contribution in [3.05, 3.63) is 40.6 Å². The fourth-order valence-electron chi connectivity index (χ4n) is 8.30. The number of anilines is 2. The zero-order valence-corrected chi connectivity index (χ0v) is 23.9. The van der Waals surface area contributed by atoms with Crippen LogP contribution in [0.4, 0.5) is 15.9 Å². The SMILES string of the molecule is N#C[C@@H]1CCCN(c2nc(OCCC34CCCN3C[C@H](F)C4)nc3c2CO[C@@]2(CCCc4ccc(N)cc42)C3)CC1. The summed E-state index contributed by atoms with van der Waals surface area (Å²) in [5.41, 5.74) is 11.0. The molecule has 2 aromatic rings. The Labute approximate surface area is 242 Å². The van der Waals surface area contributed by atoms with E-state index >= 15 is 0 Å². The molecule has 3 saturated heterocycles. The van der Waals surface area contributed by atoms with E-state index in [4.69, 9.17) is 25.2 Å². The maximum Gasteiger partial charge on any atom is 0.318 e. The third-order valence-electron chi connectivity index (χ3n) is 10.4. The largest absolute Gasteiger partial charge is 0.463 e. The number of rotatable bonds is 5. The van der Waals surface area contributed by atoms with Crippen molar-refractivity contribution in [3.63, 3.8) is 0 Å². The van der Waals surface area contributed by atoms with Crippen molar-refractivity contribution >= 4 is 11.5 Å². The first-order valence-electron chi connectivity index (χ1n) is 15.6. The number of nitrogen functional groups attached to an aromatic ring is 1. The molecule has 1 aliphatic carbocycles. The predicted molar refractivity (Wildman–Crippen MR) is 154 cm³/mol. The van der Waals surface area contributed by atoms with Crippen LogP contribution >= 0.6 is 0 Å². The summed E-state index contributed by atoms with van der Waals surface area (Å²) in [6.07, 6.45) is 9.16. The van der Waals surface area contributed by atoms with Gasteiger partial charge < -0.3 is 20.1 Å². The number of nitrogens with two attached hydrogens (primary N) is 1. The minimum atomic E-state index is -0.745. The molecule has 1 unspecified atom stereocenters. The van der Waals surface area contributed by atoms with Gasteiger partial charge in [0.2, 0.25) is 0 Å². The number of nitriles is 1. The van der Waals surface area contributed by atoms with Gasteiger partial charge in [0.15, 0.2) is 0 Å². The van der Waals surface area contributed by atoms with Crippen LogP contribution in [0.3, 0.4) is 0 Å². The van der Waals surface area contributed by atoms with Crippen LogP contribution in [0, 0.1) is 17.2 Å². The summed E-state index contributed by atoms with van der Waals surface area (Å²) in [5.74, 6) is 0.962. The molecule has 0 saturated carbocycles. The summed E-state index contributed by atoms with van der Waals surface area (Å²) < 4.78 is 27.4. The molecule has 1 aromatic heterocycles. The normalized spacial score (nSPS) is 31.3. The van der Waals surface area contributed by atoms with Crippen molar-refractivity contribution in [3.8, 4) is 12.1 Å². The number of fused-ring (bicyclic) bond motifs is 4. The van der Waals surface area contributed by atoms with E-state index in [0.29, 0.717) is 38.6 Å². The molecule has 5 aliphatic rings. The van der Waals surface area contributed by atoms with E-state index in [0.717, 1.165) is 100 Å². The van der Waals surface area contributed by atoms with Crippen molar-refractivity contribution in [1.29, 1.82) is 5.26 Å². The van der Waals surface area contributed by atoms with Gasteiger partial charge in [0.25, 0.3) is 0 Å². The smallest absolute Gasteiger partial charge is 0.318 e. The molecule has 0 radical (unpaired) electrons. The van der Waals surface area contributed by atoms with Crippen LogP contribution < -0.4 is 15.4 Å². The van der Waals surface area contributed by atoms with E-state index in [-0.39, 0.29) is 11.5 Å². The molecule has 5 heterocycles. The molecular weight excluding hydrogens is 519 g/mol. The highest BCUT2D eigenvalue weighted by atomic mass is 19.1. The average molecular weight is 561 g/mol. The number of aryl methyl sites for hydroxylation is 1. The van der Waals surface area contributed by atoms with Crippen LogP contribution in [0.15, 0.2) is 18.2 Å². The monoisotopic (exact) mass is 560 g/mol. The van der Waals surface area contributed by atoms with Gasteiger partial charge in [0, 0.05) is 55.2 Å². The highest BCUT2D eigenvalue weighted by molar-refractivity contribution is 5.54. The van der Waals surface area contributed by atoms with Crippen molar-refractivity contribution in [2.75, 3.05) is 43.4 Å². The number of hydrogen-bond acceptors (Lipinski definition) is 8. The van der Waals surface area contributed by atoms with Crippen molar-refractivity contribution in [2.45, 2.75) is 94.5 Å². The lowest BCUT2D eigenvalue weighted by Gasteiger charge is -2.43. The number of hydrogen-bond donors (Lipinski definition) is 1. The van der Waals surface area contributed by atoms with Gasteiger partial charge in [-0.05, 0) is 87.6 Å². The van der Waals surface area contributed by atoms with Crippen molar-refractivity contribution in [1.82, 2.24) is 14.9 Å². The van der Waals surface area contributed by atoms with Crippen LogP contribution in [-0.2, 0) is 29.8 Å². The van der Waals surface area contributed by atoms with E-state index in [1.165, 1.54) is 11.1 Å². The molecular formula is C32H41FN6O2. The Bertz CT molecular complexity index is 1350. The first-order chi connectivity index (χ1) is 20.0. The Morgan fingerprint density at radius 1 is 1.15 bits per heavy atom. The molecule has 7 rings (SSSR count). The molecule has 3 fully saturated rings. The highest BCUT2D eigenvalue weighted by Crippen LogP contribution is 2.47. The zero-order valence-electron chi connectivity index (χ0n) is 23.9. The Kier molecular flexibility index (Phi) is 7.03. The minimum Gasteiger partial charge on any atom is -0.463 e. The Morgan fingerprint density at radius 3 is 2.98 bits per heavy atom. The maximum atomic E-state index is 14.3. The molecule has 0 amide bonds. The van der Waals surface area contributed by atoms with Gasteiger partial charge in [-0.3, -0.25) is 4.90 Å². The molecule has 1 aromatic carbocycles. The van der Waals surface area contributed by atoms with Crippen LogP contribution in [0.5, 0.6) is 6.01 Å². The number of nitrogens with zero attached hydrogens (tertiary/aromatic N) is 5.